The van der Waals surface area contributed by atoms with Gasteiger partial charge >= 0.3 is 0 Å². The van der Waals surface area contributed by atoms with Crippen molar-refractivity contribution in [3.8, 4) is 0 Å². The van der Waals surface area contributed by atoms with Crippen LogP contribution in [0.15, 0.2) is 12.4 Å². The van der Waals surface area contributed by atoms with Gasteiger partial charge in [0.2, 0.25) is 0 Å². The summed E-state index contributed by atoms with van der Waals surface area (Å²) in [4.78, 5) is 21.4. The summed E-state index contributed by atoms with van der Waals surface area (Å²) in [5.41, 5.74) is 6.33. The first-order valence-electron chi connectivity index (χ1n) is 6.57. The molecule has 2 heterocycles. The molecule has 1 amide bonds. The maximum Gasteiger partial charge on any atom is 0.263 e. The van der Waals surface area contributed by atoms with Gasteiger partial charge in [-0.1, -0.05) is 11.3 Å². The van der Waals surface area contributed by atoms with Crippen molar-refractivity contribution in [3.05, 3.63) is 28.8 Å². The van der Waals surface area contributed by atoms with E-state index in [1.165, 1.54) is 11.3 Å². The highest BCUT2D eigenvalue weighted by atomic mass is 32.1. The molecule has 1 atom stereocenters. The van der Waals surface area contributed by atoms with E-state index in [0.29, 0.717) is 21.6 Å². The van der Waals surface area contributed by atoms with E-state index in [2.05, 4.69) is 15.3 Å². The van der Waals surface area contributed by atoms with E-state index in [-0.39, 0.29) is 11.9 Å². The van der Waals surface area contributed by atoms with E-state index in [9.17, 15) is 4.79 Å². The maximum absolute atomic E-state index is 12.4. The molecule has 0 aliphatic heterocycles. The largest absolute Gasteiger partial charge is 0.375 e. The molecule has 20 heavy (non-hydrogen) atoms. The van der Waals surface area contributed by atoms with Crippen molar-refractivity contribution in [2.45, 2.75) is 25.8 Å². The van der Waals surface area contributed by atoms with Crippen LogP contribution in [0.5, 0.6) is 0 Å². The zero-order chi connectivity index (χ0) is 14.3. The fourth-order valence-electron chi connectivity index (χ4n) is 2.33. The van der Waals surface area contributed by atoms with Crippen molar-refractivity contribution < 1.29 is 4.79 Å². The lowest BCUT2D eigenvalue weighted by molar-refractivity contribution is 0.0932. The maximum atomic E-state index is 12.4. The van der Waals surface area contributed by atoms with Crippen LogP contribution in [-0.4, -0.2) is 20.4 Å². The highest BCUT2D eigenvalue weighted by Gasteiger charge is 2.36. The zero-order valence-electron chi connectivity index (χ0n) is 11.5. The number of nitrogens with two attached hydrogens (primary N) is 1. The smallest absolute Gasteiger partial charge is 0.263 e. The Labute approximate surface area is 121 Å². The highest BCUT2D eigenvalue weighted by Crippen LogP contribution is 2.40. The molecule has 2 aromatic heterocycles. The van der Waals surface area contributed by atoms with Gasteiger partial charge in [0, 0.05) is 19.4 Å². The Kier molecular flexibility index (Phi) is 3.21. The minimum Gasteiger partial charge on any atom is -0.375 e. The minimum atomic E-state index is -0.114. The number of carbonyl (C=O) groups is 1. The first-order chi connectivity index (χ1) is 9.56. The summed E-state index contributed by atoms with van der Waals surface area (Å²) >= 11 is 1.23. The lowest BCUT2D eigenvalue weighted by Gasteiger charge is -2.17. The summed E-state index contributed by atoms with van der Waals surface area (Å²) in [6.45, 7) is 1.80. The number of amides is 1. The number of thiazole rings is 1. The summed E-state index contributed by atoms with van der Waals surface area (Å²) in [6, 6.07) is -0.0368. The standard InChI is InChI=1S/C13H17N5OS/c1-7-10(20-13(14)16-7)12(19)17-9(8-3-4-8)11-15-5-6-18(11)2/h5-6,8-9H,3-4H2,1-2H3,(H2,14,16)(H,17,19). The van der Waals surface area contributed by atoms with Crippen LogP contribution in [0.25, 0.3) is 0 Å². The molecule has 0 saturated heterocycles. The van der Waals surface area contributed by atoms with E-state index < -0.39 is 0 Å². The second-order valence-electron chi connectivity index (χ2n) is 5.15. The highest BCUT2D eigenvalue weighted by molar-refractivity contribution is 7.17. The van der Waals surface area contributed by atoms with Crippen LogP contribution < -0.4 is 11.1 Å². The number of nitrogen functional groups attached to an aromatic ring is 1. The van der Waals surface area contributed by atoms with Gasteiger partial charge in [-0.15, -0.1) is 0 Å². The number of rotatable bonds is 4. The van der Waals surface area contributed by atoms with Crippen molar-refractivity contribution in [1.82, 2.24) is 19.9 Å². The van der Waals surface area contributed by atoms with Crippen molar-refractivity contribution in [1.29, 1.82) is 0 Å². The Morgan fingerprint density at radius 1 is 1.60 bits per heavy atom. The van der Waals surface area contributed by atoms with Crippen molar-refractivity contribution in [2.75, 3.05) is 5.73 Å². The Bertz CT molecular complexity index is 643. The summed E-state index contributed by atoms with van der Waals surface area (Å²) in [5.74, 6) is 1.26. The summed E-state index contributed by atoms with van der Waals surface area (Å²) in [5, 5.41) is 3.51. The van der Waals surface area contributed by atoms with E-state index in [1.807, 2.05) is 17.8 Å². The zero-order valence-corrected chi connectivity index (χ0v) is 12.3. The molecule has 1 saturated carbocycles. The monoisotopic (exact) mass is 291 g/mol. The van der Waals surface area contributed by atoms with Crippen LogP contribution in [0.2, 0.25) is 0 Å². The molecule has 1 unspecified atom stereocenters. The van der Waals surface area contributed by atoms with Crippen molar-refractivity contribution in [3.63, 3.8) is 0 Å². The molecule has 0 radical (unpaired) electrons. The second kappa shape index (κ2) is 4.90. The van der Waals surface area contributed by atoms with Crippen molar-refractivity contribution >= 4 is 22.4 Å². The van der Waals surface area contributed by atoms with Crippen LogP contribution in [0.1, 0.15) is 40.1 Å². The van der Waals surface area contributed by atoms with E-state index in [0.717, 1.165) is 18.7 Å². The number of aryl methyl sites for hydroxylation is 2. The van der Waals surface area contributed by atoms with Gasteiger partial charge in [-0.25, -0.2) is 9.97 Å². The van der Waals surface area contributed by atoms with Gasteiger partial charge in [0.25, 0.3) is 5.91 Å². The van der Waals surface area contributed by atoms with Gasteiger partial charge in [0.1, 0.15) is 10.7 Å². The van der Waals surface area contributed by atoms with Gasteiger partial charge < -0.3 is 15.6 Å². The van der Waals surface area contributed by atoms with Crippen LogP contribution >= 0.6 is 11.3 Å². The van der Waals surface area contributed by atoms with Crippen LogP contribution in [0.3, 0.4) is 0 Å². The lowest BCUT2D eigenvalue weighted by Crippen LogP contribution is -2.31. The van der Waals surface area contributed by atoms with Crippen LogP contribution in [0.4, 0.5) is 5.13 Å². The van der Waals surface area contributed by atoms with Crippen LogP contribution in [0, 0.1) is 12.8 Å². The van der Waals surface area contributed by atoms with Gasteiger partial charge in [0.05, 0.1) is 11.7 Å². The van der Waals surface area contributed by atoms with Gasteiger partial charge in [-0.2, -0.15) is 0 Å². The molecule has 0 spiro atoms. The number of aromatic nitrogens is 3. The fourth-order valence-corrected chi connectivity index (χ4v) is 3.07. The average molecular weight is 291 g/mol. The van der Waals surface area contributed by atoms with E-state index in [1.54, 1.807) is 13.1 Å². The SMILES string of the molecule is Cc1nc(N)sc1C(=O)NC(c1nccn1C)C1CC1. The summed E-state index contributed by atoms with van der Waals surface area (Å²) < 4.78 is 1.96. The van der Waals surface area contributed by atoms with Gasteiger partial charge in [-0.3, -0.25) is 4.79 Å². The van der Waals surface area contributed by atoms with E-state index >= 15 is 0 Å². The number of anilines is 1. The molecule has 1 fully saturated rings. The average Bonchev–Trinajstić information content (AvgIpc) is 3.06. The Morgan fingerprint density at radius 3 is 2.85 bits per heavy atom. The number of hydrogen-bond acceptors (Lipinski definition) is 5. The number of carbonyl (C=O) groups excluding carboxylic acids is 1. The molecule has 3 rings (SSSR count). The number of nitrogens with one attached hydrogen (secondary N) is 1. The molecule has 7 heteroatoms. The number of imidazole rings is 1. The third-order valence-corrected chi connectivity index (χ3v) is 4.52. The molecule has 0 bridgehead atoms. The quantitative estimate of drug-likeness (QED) is 0.897. The normalized spacial score (nSPS) is 16.1. The molecule has 3 N–H and O–H groups in total. The van der Waals surface area contributed by atoms with E-state index in [4.69, 9.17) is 5.73 Å². The molecule has 6 nitrogen and oxygen atoms in total. The summed E-state index contributed by atoms with van der Waals surface area (Å²) in [6.07, 6.45) is 5.91. The molecule has 1 aliphatic carbocycles. The first-order valence-corrected chi connectivity index (χ1v) is 7.39. The molecule has 106 valence electrons. The molecule has 1 aliphatic rings. The van der Waals surface area contributed by atoms with Crippen molar-refractivity contribution in [2.24, 2.45) is 13.0 Å². The van der Waals surface area contributed by atoms with Gasteiger partial charge in [0.15, 0.2) is 5.13 Å². The molecular weight excluding hydrogens is 274 g/mol. The summed E-state index contributed by atoms with van der Waals surface area (Å²) in [7, 11) is 1.94. The predicted octanol–water partition coefficient (Wildman–Crippen LogP) is 1.65. The Morgan fingerprint density at radius 2 is 2.35 bits per heavy atom. The number of hydrogen-bond donors (Lipinski definition) is 2. The molecular formula is C13H17N5OS. The predicted molar refractivity (Wildman–Crippen MR) is 77.4 cm³/mol. The lowest BCUT2D eigenvalue weighted by atomic mass is 10.1. The Hall–Kier alpha value is -1.89. The topological polar surface area (TPSA) is 85.8 Å². The van der Waals surface area contributed by atoms with Crippen LogP contribution in [-0.2, 0) is 7.05 Å². The fraction of sp³-hybridized carbons (Fsp3) is 0.462. The third kappa shape index (κ3) is 2.40. The minimum absolute atomic E-state index is 0.0368. The first kappa shape index (κ1) is 13.1. The number of nitrogens with zero attached hydrogens (tertiary/aromatic N) is 3. The van der Waals surface area contributed by atoms with Gasteiger partial charge in [-0.05, 0) is 25.7 Å². The second-order valence-corrected chi connectivity index (χ2v) is 6.18. The Balaban J connectivity index is 1.82. The molecule has 2 aromatic rings. The molecule has 0 aromatic carbocycles. The third-order valence-electron chi connectivity index (χ3n) is 3.54.